The zero-order valence-electron chi connectivity index (χ0n) is 12.1. The highest BCUT2D eigenvalue weighted by atomic mass is 35.5. The summed E-state index contributed by atoms with van der Waals surface area (Å²) in [5, 5.41) is 6.62. The number of likely N-dealkylation sites (tertiary alicyclic amines) is 1. The summed E-state index contributed by atoms with van der Waals surface area (Å²) in [4.78, 5) is 14.6. The lowest BCUT2D eigenvalue weighted by atomic mass is 10.0. The second-order valence-electron chi connectivity index (χ2n) is 5.28. The van der Waals surface area contributed by atoms with E-state index in [-0.39, 0.29) is 5.91 Å². The zero-order chi connectivity index (χ0) is 14.5. The number of rotatable bonds is 4. The van der Waals surface area contributed by atoms with Gasteiger partial charge in [0, 0.05) is 30.3 Å². The third kappa shape index (κ3) is 3.64. The average molecular weight is 296 g/mol. The van der Waals surface area contributed by atoms with E-state index in [1.807, 2.05) is 6.07 Å². The summed E-state index contributed by atoms with van der Waals surface area (Å²) in [5.74, 6) is -0.0733. The summed E-state index contributed by atoms with van der Waals surface area (Å²) in [6.07, 6.45) is 3.63. The Kier molecular flexibility index (Phi) is 5.26. The van der Waals surface area contributed by atoms with Gasteiger partial charge in [0.25, 0.3) is 5.91 Å². The van der Waals surface area contributed by atoms with Crippen molar-refractivity contribution in [2.75, 3.05) is 32.5 Å². The molecular formula is C15H22ClN3O. The third-order valence-electron chi connectivity index (χ3n) is 3.92. The molecule has 5 heteroatoms. The number of hydrogen-bond acceptors (Lipinski definition) is 3. The number of amides is 1. The zero-order valence-corrected chi connectivity index (χ0v) is 12.8. The summed E-state index contributed by atoms with van der Waals surface area (Å²) in [6, 6.07) is 5.74. The van der Waals surface area contributed by atoms with Crippen molar-refractivity contribution in [3.63, 3.8) is 0 Å². The van der Waals surface area contributed by atoms with Crippen LogP contribution in [0.2, 0.25) is 5.02 Å². The fourth-order valence-electron chi connectivity index (χ4n) is 2.63. The van der Waals surface area contributed by atoms with E-state index in [1.165, 1.54) is 12.8 Å². The lowest BCUT2D eigenvalue weighted by Crippen LogP contribution is -2.44. The van der Waals surface area contributed by atoms with Gasteiger partial charge >= 0.3 is 0 Å². The highest BCUT2D eigenvalue weighted by Crippen LogP contribution is 2.20. The first-order valence-corrected chi connectivity index (χ1v) is 7.45. The predicted octanol–water partition coefficient (Wildman–Crippen LogP) is 2.60. The Morgan fingerprint density at radius 1 is 1.45 bits per heavy atom. The molecule has 1 aromatic carbocycles. The lowest BCUT2D eigenvalue weighted by molar-refractivity contribution is 0.0929. The third-order valence-corrected chi connectivity index (χ3v) is 4.15. The molecule has 1 heterocycles. The molecule has 1 amide bonds. The molecule has 0 radical (unpaired) electrons. The molecule has 0 aliphatic carbocycles. The fourth-order valence-corrected chi connectivity index (χ4v) is 2.80. The number of nitrogens with one attached hydrogen (secondary N) is 2. The van der Waals surface area contributed by atoms with Crippen molar-refractivity contribution in [3.8, 4) is 0 Å². The van der Waals surface area contributed by atoms with Gasteiger partial charge in [0.2, 0.25) is 0 Å². The van der Waals surface area contributed by atoms with Crippen LogP contribution in [0, 0.1) is 0 Å². The van der Waals surface area contributed by atoms with E-state index in [1.54, 1.807) is 19.2 Å². The van der Waals surface area contributed by atoms with Gasteiger partial charge in [-0.1, -0.05) is 18.0 Å². The molecule has 110 valence electrons. The van der Waals surface area contributed by atoms with E-state index in [2.05, 4.69) is 22.6 Å². The standard InChI is InChI=1S/C15H22ClN3O/c1-17-14-7-6-11(16)9-13(14)15(20)18-10-12-5-3-4-8-19(12)2/h6-7,9,12,17H,3-5,8,10H2,1-2H3,(H,18,20). The van der Waals surface area contributed by atoms with E-state index in [0.29, 0.717) is 23.2 Å². The van der Waals surface area contributed by atoms with Crippen LogP contribution in [0.15, 0.2) is 18.2 Å². The van der Waals surface area contributed by atoms with E-state index in [9.17, 15) is 4.79 Å². The van der Waals surface area contributed by atoms with Crippen molar-refractivity contribution in [2.45, 2.75) is 25.3 Å². The van der Waals surface area contributed by atoms with Crippen molar-refractivity contribution >= 4 is 23.2 Å². The van der Waals surface area contributed by atoms with Crippen LogP contribution in [0.1, 0.15) is 29.6 Å². The lowest BCUT2D eigenvalue weighted by Gasteiger charge is -2.32. The van der Waals surface area contributed by atoms with E-state index in [4.69, 9.17) is 11.6 Å². The second kappa shape index (κ2) is 6.95. The van der Waals surface area contributed by atoms with Crippen LogP contribution in [-0.2, 0) is 0 Å². The number of anilines is 1. The molecule has 1 fully saturated rings. The van der Waals surface area contributed by atoms with E-state index < -0.39 is 0 Å². The SMILES string of the molecule is CNc1ccc(Cl)cc1C(=O)NCC1CCCCN1C. The van der Waals surface area contributed by atoms with Gasteiger partial charge in [0.15, 0.2) is 0 Å². The van der Waals surface area contributed by atoms with Gasteiger partial charge in [-0.3, -0.25) is 4.79 Å². The van der Waals surface area contributed by atoms with Gasteiger partial charge in [0.1, 0.15) is 0 Å². The molecule has 1 aromatic rings. The number of nitrogens with zero attached hydrogens (tertiary/aromatic N) is 1. The number of piperidine rings is 1. The van der Waals surface area contributed by atoms with Gasteiger partial charge in [-0.25, -0.2) is 0 Å². The largest absolute Gasteiger partial charge is 0.387 e. The van der Waals surface area contributed by atoms with Gasteiger partial charge in [-0.05, 0) is 44.6 Å². The first-order valence-electron chi connectivity index (χ1n) is 7.07. The normalized spacial score (nSPS) is 19.6. The van der Waals surface area contributed by atoms with Gasteiger partial charge in [-0.2, -0.15) is 0 Å². The van der Waals surface area contributed by atoms with E-state index >= 15 is 0 Å². The van der Waals surface area contributed by atoms with Crippen molar-refractivity contribution < 1.29 is 4.79 Å². The first-order chi connectivity index (χ1) is 9.61. The van der Waals surface area contributed by atoms with Crippen molar-refractivity contribution in [1.29, 1.82) is 0 Å². The second-order valence-corrected chi connectivity index (χ2v) is 5.72. The minimum Gasteiger partial charge on any atom is -0.387 e. The minimum atomic E-state index is -0.0733. The molecule has 0 aromatic heterocycles. The number of carbonyl (C=O) groups excluding carboxylic acids is 1. The number of likely N-dealkylation sites (N-methyl/N-ethyl adjacent to an activating group) is 1. The monoisotopic (exact) mass is 295 g/mol. The molecule has 1 aliphatic rings. The van der Waals surface area contributed by atoms with Crippen LogP contribution in [0.3, 0.4) is 0 Å². The molecule has 0 spiro atoms. The maximum absolute atomic E-state index is 12.3. The molecule has 4 nitrogen and oxygen atoms in total. The molecule has 1 aliphatic heterocycles. The van der Waals surface area contributed by atoms with E-state index in [0.717, 1.165) is 18.7 Å². The number of hydrogen-bond donors (Lipinski definition) is 2. The Hall–Kier alpha value is -1.26. The summed E-state index contributed by atoms with van der Waals surface area (Å²) >= 11 is 5.97. The number of benzene rings is 1. The molecule has 2 rings (SSSR count). The average Bonchev–Trinajstić information content (AvgIpc) is 2.46. The van der Waals surface area contributed by atoms with Crippen LogP contribution in [0.5, 0.6) is 0 Å². The smallest absolute Gasteiger partial charge is 0.253 e. The quantitative estimate of drug-likeness (QED) is 0.897. The molecule has 2 N–H and O–H groups in total. The van der Waals surface area contributed by atoms with Crippen LogP contribution in [0.25, 0.3) is 0 Å². The Balaban J connectivity index is 1.99. The molecule has 1 unspecified atom stereocenters. The van der Waals surface area contributed by atoms with Gasteiger partial charge in [-0.15, -0.1) is 0 Å². The maximum Gasteiger partial charge on any atom is 0.253 e. The van der Waals surface area contributed by atoms with Crippen molar-refractivity contribution in [1.82, 2.24) is 10.2 Å². The highest BCUT2D eigenvalue weighted by Gasteiger charge is 2.20. The summed E-state index contributed by atoms with van der Waals surface area (Å²) in [5.41, 5.74) is 1.39. The van der Waals surface area contributed by atoms with Gasteiger partial charge < -0.3 is 15.5 Å². The fraction of sp³-hybridized carbons (Fsp3) is 0.533. The molecular weight excluding hydrogens is 274 g/mol. The molecule has 0 bridgehead atoms. The molecule has 1 atom stereocenters. The van der Waals surface area contributed by atoms with Crippen LogP contribution in [-0.4, -0.2) is 44.0 Å². The van der Waals surface area contributed by atoms with Crippen LogP contribution >= 0.6 is 11.6 Å². The molecule has 1 saturated heterocycles. The maximum atomic E-state index is 12.3. The first kappa shape index (κ1) is 15.1. The molecule has 0 saturated carbocycles. The highest BCUT2D eigenvalue weighted by molar-refractivity contribution is 6.31. The Morgan fingerprint density at radius 2 is 2.25 bits per heavy atom. The van der Waals surface area contributed by atoms with Crippen molar-refractivity contribution in [3.05, 3.63) is 28.8 Å². The predicted molar refractivity (Wildman–Crippen MR) is 83.6 cm³/mol. The number of carbonyl (C=O) groups is 1. The number of halogens is 1. The summed E-state index contributed by atoms with van der Waals surface area (Å²) < 4.78 is 0. The van der Waals surface area contributed by atoms with Crippen LogP contribution in [0.4, 0.5) is 5.69 Å². The Labute approximate surface area is 125 Å². The minimum absolute atomic E-state index is 0.0733. The Morgan fingerprint density at radius 3 is 2.95 bits per heavy atom. The van der Waals surface area contributed by atoms with Crippen LogP contribution < -0.4 is 10.6 Å². The van der Waals surface area contributed by atoms with Gasteiger partial charge in [0.05, 0.1) is 5.56 Å². The van der Waals surface area contributed by atoms with Crippen molar-refractivity contribution in [2.24, 2.45) is 0 Å². The Bertz CT molecular complexity index is 478. The summed E-state index contributed by atoms with van der Waals surface area (Å²) in [7, 11) is 3.92. The topological polar surface area (TPSA) is 44.4 Å². The molecule has 20 heavy (non-hydrogen) atoms. The summed E-state index contributed by atoms with van der Waals surface area (Å²) in [6.45, 7) is 1.80.